The van der Waals surface area contributed by atoms with E-state index in [2.05, 4.69) is 177 Å². The summed E-state index contributed by atoms with van der Waals surface area (Å²) in [6, 6.07) is 51.9. The minimum absolute atomic E-state index is 0.157. The number of benzene rings is 6. The van der Waals surface area contributed by atoms with Gasteiger partial charge in [-0.3, -0.25) is 0 Å². The molecule has 1 heteroatoms. The Morgan fingerprint density at radius 2 is 1.13 bits per heavy atom. The van der Waals surface area contributed by atoms with Gasteiger partial charge in [0.05, 0.1) is 11.4 Å². The monoisotopic (exact) mass is 603 g/mol. The summed E-state index contributed by atoms with van der Waals surface area (Å²) in [5.41, 5.74) is 19.4. The topological polar surface area (TPSA) is 3.24 Å². The van der Waals surface area contributed by atoms with Crippen LogP contribution in [0.2, 0.25) is 0 Å². The first-order valence-electron chi connectivity index (χ1n) is 16.8. The van der Waals surface area contributed by atoms with E-state index >= 15 is 0 Å². The Balaban J connectivity index is 1.26. The Morgan fingerprint density at radius 3 is 1.94 bits per heavy atom. The Labute approximate surface area is 278 Å². The molecule has 1 atom stereocenters. The Morgan fingerprint density at radius 1 is 0.532 bits per heavy atom. The second kappa shape index (κ2) is 10.6. The molecular weight excluding hydrogens is 567 g/mol. The Bertz CT molecular complexity index is 2270. The predicted octanol–water partition coefficient (Wildman–Crippen LogP) is 12.6. The van der Waals surface area contributed by atoms with E-state index in [0.717, 1.165) is 6.42 Å². The molecule has 6 aromatic carbocycles. The summed E-state index contributed by atoms with van der Waals surface area (Å²) in [4.78, 5) is 2.43. The zero-order valence-corrected chi connectivity index (χ0v) is 27.2. The molecule has 0 bridgehead atoms. The lowest BCUT2D eigenvalue weighted by Crippen LogP contribution is -2.30. The lowest BCUT2D eigenvalue weighted by molar-refractivity contribution is 0.632. The van der Waals surface area contributed by atoms with Crippen molar-refractivity contribution in [1.82, 2.24) is 0 Å². The van der Waals surface area contributed by atoms with Gasteiger partial charge in [0.15, 0.2) is 0 Å². The molecule has 0 N–H and O–H groups in total. The van der Waals surface area contributed by atoms with Crippen molar-refractivity contribution in [1.29, 1.82) is 0 Å². The molecule has 0 radical (unpaired) electrons. The van der Waals surface area contributed by atoms with Gasteiger partial charge in [-0.15, -0.1) is 0 Å². The molecule has 0 amide bonds. The van der Waals surface area contributed by atoms with Crippen molar-refractivity contribution >= 4 is 28.2 Å². The highest BCUT2D eigenvalue weighted by atomic mass is 15.2. The molecule has 1 nitrogen and oxygen atoms in total. The lowest BCUT2D eigenvalue weighted by atomic mass is 9.72. The van der Waals surface area contributed by atoms with Crippen molar-refractivity contribution in [3.8, 4) is 33.4 Å². The molecule has 9 rings (SSSR count). The van der Waals surface area contributed by atoms with Crippen molar-refractivity contribution in [2.75, 3.05) is 4.90 Å². The first-order valence-corrected chi connectivity index (χ1v) is 16.8. The van der Waals surface area contributed by atoms with Gasteiger partial charge in [0, 0.05) is 11.1 Å². The molecule has 0 aromatic heterocycles. The van der Waals surface area contributed by atoms with Gasteiger partial charge in [-0.2, -0.15) is 0 Å². The standard InChI is InChI=1S/C46H37N/c1-30-14-13-21-39-34-17-7-8-19-36(34)40-28-31(24-26-37(40)35-18-9-10-20-38(35)45(30)39)32-25-27-44-42(29-32)46(2,3)41-22-11-12-23-43(41)47(44)33-15-5-4-6-16-33/h4-13,15-30H,14H2,1-3H3. The van der Waals surface area contributed by atoms with Crippen LogP contribution in [-0.4, -0.2) is 0 Å². The highest BCUT2D eigenvalue weighted by molar-refractivity contribution is 6.08. The number of rotatable bonds is 2. The molecule has 2 aliphatic carbocycles. The van der Waals surface area contributed by atoms with E-state index in [9.17, 15) is 0 Å². The minimum atomic E-state index is -0.157. The number of hydrogen-bond donors (Lipinski definition) is 0. The Kier molecular flexibility index (Phi) is 6.27. The number of fused-ring (bicyclic) bond motifs is 9. The van der Waals surface area contributed by atoms with Crippen molar-refractivity contribution in [3.05, 3.63) is 174 Å². The zero-order chi connectivity index (χ0) is 31.7. The molecule has 47 heavy (non-hydrogen) atoms. The molecule has 6 aromatic rings. The molecule has 0 spiro atoms. The summed E-state index contributed by atoms with van der Waals surface area (Å²) in [7, 11) is 0. The lowest BCUT2D eigenvalue weighted by Gasteiger charge is -2.42. The fourth-order valence-corrected chi connectivity index (χ4v) is 8.33. The molecule has 3 aliphatic rings. The number of nitrogens with zero attached hydrogens (tertiary/aromatic N) is 1. The van der Waals surface area contributed by atoms with Gasteiger partial charge in [0.25, 0.3) is 0 Å². The highest BCUT2D eigenvalue weighted by Crippen LogP contribution is 2.53. The molecule has 226 valence electrons. The third-order valence-corrected chi connectivity index (χ3v) is 10.7. The van der Waals surface area contributed by atoms with Gasteiger partial charge >= 0.3 is 0 Å². The number of anilines is 3. The average Bonchev–Trinajstić information content (AvgIpc) is 3.11. The minimum Gasteiger partial charge on any atom is -0.310 e. The van der Waals surface area contributed by atoms with Crippen LogP contribution in [0.5, 0.6) is 0 Å². The summed E-state index contributed by atoms with van der Waals surface area (Å²) >= 11 is 0. The van der Waals surface area contributed by atoms with Gasteiger partial charge in [-0.25, -0.2) is 0 Å². The first-order chi connectivity index (χ1) is 23.0. The van der Waals surface area contributed by atoms with Gasteiger partial charge < -0.3 is 4.90 Å². The predicted molar refractivity (Wildman–Crippen MR) is 199 cm³/mol. The summed E-state index contributed by atoms with van der Waals surface area (Å²) in [5.74, 6) is 0.462. The second-order valence-electron chi connectivity index (χ2n) is 13.8. The van der Waals surface area contributed by atoms with E-state index in [1.54, 1.807) is 0 Å². The van der Waals surface area contributed by atoms with Crippen LogP contribution in [0.15, 0.2) is 152 Å². The molecule has 0 saturated heterocycles. The zero-order valence-electron chi connectivity index (χ0n) is 27.2. The van der Waals surface area contributed by atoms with Gasteiger partial charge in [0.1, 0.15) is 0 Å². The van der Waals surface area contributed by atoms with Crippen molar-refractivity contribution in [2.24, 2.45) is 5.92 Å². The van der Waals surface area contributed by atoms with Crippen LogP contribution in [0.25, 0.3) is 44.5 Å². The van der Waals surface area contributed by atoms with Crippen LogP contribution in [0.1, 0.15) is 49.4 Å². The third kappa shape index (κ3) is 4.23. The summed E-state index contributed by atoms with van der Waals surface area (Å²) in [6.07, 6.45) is 5.79. The molecule has 1 heterocycles. The fraction of sp³-hybridized carbons (Fsp3) is 0.130. The maximum absolute atomic E-state index is 2.44. The maximum Gasteiger partial charge on any atom is 0.0503 e. The van der Waals surface area contributed by atoms with E-state index in [1.807, 2.05) is 0 Å². The number of hydrogen-bond acceptors (Lipinski definition) is 1. The second-order valence-corrected chi connectivity index (χ2v) is 13.8. The summed E-state index contributed by atoms with van der Waals surface area (Å²) < 4.78 is 0. The SMILES string of the molecule is CC1CC=CC2=C1c1ccccc1-c1ccc(-c3ccc4c(c3)C(C)(C)c3ccccc3N4c3ccccc3)cc1-c1ccccc12. The summed E-state index contributed by atoms with van der Waals surface area (Å²) in [6.45, 7) is 7.11. The van der Waals surface area contributed by atoms with Crippen LogP contribution < -0.4 is 4.90 Å². The van der Waals surface area contributed by atoms with Gasteiger partial charge in [-0.05, 0) is 116 Å². The fourth-order valence-electron chi connectivity index (χ4n) is 8.33. The van der Waals surface area contributed by atoms with E-state index < -0.39 is 0 Å². The quantitative estimate of drug-likeness (QED) is 0.190. The van der Waals surface area contributed by atoms with Crippen LogP contribution in [0, 0.1) is 5.92 Å². The van der Waals surface area contributed by atoms with Crippen molar-refractivity contribution in [3.63, 3.8) is 0 Å². The molecule has 1 unspecified atom stereocenters. The molecule has 0 saturated carbocycles. The normalized spacial score (nSPS) is 16.9. The van der Waals surface area contributed by atoms with E-state index in [-0.39, 0.29) is 5.41 Å². The van der Waals surface area contributed by atoms with E-state index in [0.29, 0.717) is 5.92 Å². The third-order valence-electron chi connectivity index (χ3n) is 10.7. The van der Waals surface area contributed by atoms with Gasteiger partial charge in [-0.1, -0.05) is 136 Å². The number of para-hydroxylation sites is 2. The van der Waals surface area contributed by atoms with Crippen molar-refractivity contribution in [2.45, 2.75) is 32.6 Å². The van der Waals surface area contributed by atoms with Crippen molar-refractivity contribution < 1.29 is 0 Å². The highest BCUT2D eigenvalue weighted by Gasteiger charge is 2.37. The average molecular weight is 604 g/mol. The van der Waals surface area contributed by atoms with E-state index in [1.165, 1.54) is 83.8 Å². The smallest absolute Gasteiger partial charge is 0.0503 e. The van der Waals surface area contributed by atoms with Crippen LogP contribution in [0.3, 0.4) is 0 Å². The Hall–Kier alpha value is -5.40. The largest absolute Gasteiger partial charge is 0.310 e. The molecular formula is C46H37N. The van der Waals surface area contributed by atoms with Gasteiger partial charge in [0.2, 0.25) is 0 Å². The molecule has 0 fully saturated rings. The van der Waals surface area contributed by atoms with Crippen LogP contribution in [-0.2, 0) is 5.41 Å². The number of allylic oxidation sites excluding steroid dienone is 4. The maximum atomic E-state index is 2.44. The summed E-state index contributed by atoms with van der Waals surface area (Å²) in [5, 5.41) is 0. The van der Waals surface area contributed by atoms with Crippen LogP contribution >= 0.6 is 0 Å². The first kappa shape index (κ1) is 27.9. The van der Waals surface area contributed by atoms with Crippen LogP contribution in [0.4, 0.5) is 17.1 Å². The molecule has 1 aliphatic heterocycles. The van der Waals surface area contributed by atoms with E-state index in [4.69, 9.17) is 0 Å².